The highest BCUT2D eigenvalue weighted by molar-refractivity contribution is 5.74. The van der Waals surface area contributed by atoms with E-state index in [-0.39, 0.29) is 0 Å². The van der Waals surface area contributed by atoms with Gasteiger partial charge in [0, 0.05) is 0 Å². The maximum absolute atomic E-state index is 11.8. The topological polar surface area (TPSA) is 320 Å². The fourth-order valence-electron chi connectivity index (χ4n) is 3.98. The summed E-state index contributed by atoms with van der Waals surface area (Å²) in [7, 11) is 0. The van der Waals surface area contributed by atoms with Crippen LogP contribution in [0.4, 0.5) is 0 Å². The van der Waals surface area contributed by atoms with Crippen LogP contribution in [0.1, 0.15) is 0 Å². The summed E-state index contributed by atoms with van der Waals surface area (Å²) in [6.07, 6.45) is -32.5. The summed E-state index contributed by atoms with van der Waals surface area (Å²) in [5, 5.41) is 108. The molecule has 3 aliphatic rings. The van der Waals surface area contributed by atoms with E-state index in [9.17, 15) is 65.4 Å². The van der Waals surface area contributed by atoms with Crippen LogP contribution in [0.15, 0.2) is 0 Å². The first-order valence-electron chi connectivity index (χ1n) is 10.6. The van der Waals surface area contributed by atoms with Gasteiger partial charge in [-0.2, -0.15) is 0 Å². The summed E-state index contributed by atoms with van der Waals surface area (Å²) in [6, 6.07) is 0. The molecule has 3 rings (SSSR count). The van der Waals surface area contributed by atoms with Crippen molar-refractivity contribution < 1.29 is 94.2 Å². The Morgan fingerprint density at radius 3 is 1.30 bits per heavy atom. The van der Waals surface area contributed by atoms with Crippen molar-refractivity contribution in [2.45, 2.75) is 92.1 Å². The molecule has 3 saturated heterocycles. The molecule has 37 heavy (non-hydrogen) atoms. The molecule has 0 aromatic rings. The highest BCUT2D eigenvalue weighted by atomic mass is 16.8. The van der Waals surface area contributed by atoms with Crippen LogP contribution in [0.3, 0.4) is 0 Å². The minimum absolute atomic E-state index is 1.79. The van der Waals surface area contributed by atoms with Crippen LogP contribution >= 0.6 is 0 Å². The first kappa shape index (κ1) is 29.4. The summed E-state index contributed by atoms with van der Waals surface area (Å²) < 4.78 is 24.8. The molecule has 0 aromatic heterocycles. The largest absolute Gasteiger partial charge is 0.479 e. The second kappa shape index (κ2) is 11.3. The third-order valence-corrected chi connectivity index (χ3v) is 5.99. The Morgan fingerprint density at radius 1 is 0.459 bits per heavy atom. The number of aliphatic hydroxyl groups is 8. The van der Waals surface area contributed by atoms with E-state index < -0.39 is 110 Å². The normalized spacial score (nSPS) is 48.8. The zero-order chi connectivity index (χ0) is 27.9. The van der Waals surface area contributed by atoms with Gasteiger partial charge in [-0.05, 0) is 0 Å². The second-order valence-electron chi connectivity index (χ2n) is 8.45. The predicted molar refractivity (Wildman–Crippen MR) is 103 cm³/mol. The Labute approximate surface area is 205 Å². The Morgan fingerprint density at radius 2 is 0.838 bits per heavy atom. The van der Waals surface area contributed by atoms with Gasteiger partial charge in [0.15, 0.2) is 37.2 Å². The van der Waals surface area contributed by atoms with Crippen molar-refractivity contribution in [2.24, 2.45) is 0 Å². The van der Waals surface area contributed by atoms with Crippen molar-refractivity contribution in [3.05, 3.63) is 0 Å². The van der Waals surface area contributed by atoms with Crippen LogP contribution in [0.5, 0.6) is 0 Å². The molecule has 11 N–H and O–H groups in total. The smallest absolute Gasteiger partial charge is 0.335 e. The van der Waals surface area contributed by atoms with Crippen LogP contribution in [0, 0.1) is 0 Å². The lowest BCUT2D eigenvalue weighted by atomic mass is 9.95. The number of rotatable bonds is 7. The fourth-order valence-corrected chi connectivity index (χ4v) is 3.98. The van der Waals surface area contributed by atoms with Gasteiger partial charge >= 0.3 is 17.9 Å². The van der Waals surface area contributed by atoms with Gasteiger partial charge in [-0.1, -0.05) is 0 Å². The van der Waals surface area contributed by atoms with Crippen molar-refractivity contribution in [1.29, 1.82) is 0 Å². The summed E-state index contributed by atoms with van der Waals surface area (Å²) >= 11 is 0. The van der Waals surface area contributed by atoms with Gasteiger partial charge in [0.1, 0.15) is 54.9 Å². The van der Waals surface area contributed by atoms with Crippen LogP contribution < -0.4 is 0 Å². The van der Waals surface area contributed by atoms with Crippen LogP contribution in [-0.2, 0) is 38.1 Å². The molecule has 3 heterocycles. The van der Waals surface area contributed by atoms with Gasteiger partial charge in [-0.15, -0.1) is 0 Å². The number of carboxylic acid groups (broad SMARTS) is 3. The second-order valence-corrected chi connectivity index (χ2v) is 8.45. The Kier molecular flexibility index (Phi) is 9.01. The highest BCUT2D eigenvalue weighted by Gasteiger charge is 2.56. The molecular formula is C18H26O19. The number of ether oxygens (including phenoxy) is 5. The first-order chi connectivity index (χ1) is 17.2. The van der Waals surface area contributed by atoms with Gasteiger partial charge in [0.25, 0.3) is 0 Å². The SMILES string of the molecule is O=C(O)[C@H]1O[C@@H](O[C@H]2[C@H](O)[C@@H](O)[C@H](O[C@H]3[C@H](O)[C@@H](O)[C@@H](O)O[C@@H]3C(=O)O)O[C@@H]2C(=O)O)[C@H](O)[C@H](O)[C@@H]1O. The third-order valence-electron chi connectivity index (χ3n) is 5.99. The minimum Gasteiger partial charge on any atom is -0.479 e. The summed E-state index contributed by atoms with van der Waals surface area (Å²) in [4.78, 5) is 34.5. The first-order valence-corrected chi connectivity index (χ1v) is 10.6. The summed E-state index contributed by atoms with van der Waals surface area (Å²) in [5.41, 5.74) is 0. The molecule has 0 unspecified atom stereocenters. The van der Waals surface area contributed by atoms with Crippen molar-refractivity contribution in [3.8, 4) is 0 Å². The van der Waals surface area contributed by atoms with Crippen molar-refractivity contribution in [2.75, 3.05) is 0 Å². The van der Waals surface area contributed by atoms with Crippen LogP contribution in [0.2, 0.25) is 0 Å². The number of carbonyl (C=O) groups is 3. The molecule has 3 fully saturated rings. The van der Waals surface area contributed by atoms with E-state index in [1.165, 1.54) is 0 Å². The number of hydrogen-bond donors (Lipinski definition) is 11. The monoisotopic (exact) mass is 546 g/mol. The predicted octanol–water partition coefficient (Wildman–Crippen LogP) is -7.30. The minimum atomic E-state index is -2.29. The Bertz CT molecular complexity index is 853. The maximum atomic E-state index is 11.8. The lowest BCUT2D eigenvalue weighted by molar-refractivity contribution is -0.368. The molecule has 0 amide bonds. The fraction of sp³-hybridized carbons (Fsp3) is 0.833. The molecule has 0 radical (unpaired) electrons. The van der Waals surface area contributed by atoms with E-state index in [4.69, 9.17) is 24.1 Å². The number of aliphatic carboxylic acids is 3. The third kappa shape index (κ3) is 5.68. The van der Waals surface area contributed by atoms with E-state index >= 15 is 0 Å². The van der Waals surface area contributed by atoms with E-state index in [1.54, 1.807) is 0 Å². The van der Waals surface area contributed by atoms with E-state index in [0.717, 1.165) is 0 Å². The molecule has 0 spiro atoms. The van der Waals surface area contributed by atoms with Gasteiger partial charge in [0.05, 0.1) is 0 Å². The lowest BCUT2D eigenvalue weighted by Crippen LogP contribution is -2.67. The van der Waals surface area contributed by atoms with Crippen LogP contribution in [0.25, 0.3) is 0 Å². The van der Waals surface area contributed by atoms with Gasteiger partial charge in [-0.25, -0.2) is 14.4 Å². The van der Waals surface area contributed by atoms with E-state index in [2.05, 4.69) is 4.74 Å². The molecule has 3 aliphatic heterocycles. The summed E-state index contributed by atoms with van der Waals surface area (Å²) in [5.74, 6) is -5.46. The number of hydrogen-bond acceptors (Lipinski definition) is 16. The standard InChI is InChI=1S/C18H26O19/c19-1-2(20)10(13(26)27)36-17(6(1)24)35-9-4(22)7(25)18(37-12(9)15(30)31)34-8-3(21)5(23)16(32)33-11(8)14(28)29/h1-12,16-25,32H,(H,26,27)(H,28,29)(H,30,31)/t1-,2+,3-,4-,5-,6-,7-,8+,9+,10+,11+,12+,16+,17-,18-/m1/s1. The van der Waals surface area contributed by atoms with Crippen molar-refractivity contribution >= 4 is 17.9 Å². The zero-order valence-corrected chi connectivity index (χ0v) is 18.3. The average Bonchev–Trinajstić information content (AvgIpc) is 2.82. The quantitative estimate of drug-likeness (QED) is 0.141. The highest BCUT2D eigenvalue weighted by Crippen LogP contribution is 2.32. The molecule has 0 saturated carbocycles. The van der Waals surface area contributed by atoms with E-state index in [0.29, 0.717) is 0 Å². The van der Waals surface area contributed by atoms with E-state index in [1.807, 2.05) is 0 Å². The average molecular weight is 546 g/mol. The van der Waals surface area contributed by atoms with Crippen molar-refractivity contribution in [1.82, 2.24) is 0 Å². The molecule has 15 atom stereocenters. The van der Waals surface area contributed by atoms with Crippen LogP contribution in [-0.4, -0.2) is 166 Å². The summed E-state index contributed by atoms with van der Waals surface area (Å²) in [6.45, 7) is 0. The molecule has 0 aliphatic carbocycles. The maximum Gasteiger partial charge on any atom is 0.335 e. The van der Waals surface area contributed by atoms with Gasteiger partial charge in [0.2, 0.25) is 0 Å². The van der Waals surface area contributed by atoms with Gasteiger partial charge in [-0.3, -0.25) is 0 Å². The Balaban J connectivity index is 1.81. The molecule has 212 valence electrons. The molecule has 0 aromatic carbocycles. The van der Waals surface area contributed by atoms with Crippen molar-refractivity contribution in [3.63, 3.8) is 0 Å². The molecule has 19 nitrogen and oxygen atoms in total. The van der Waals surface area contributed by atoms with Gasteiger partial charge < -0.3 is 79.9 Å². The number of carboxylic acids is 3. The molecule has 19 heteroatoms. The molecule has 0 bridgehead atoms. The lowest BCUT2D eigenvalue weighted by Gasteiger charge is -2.46. The zero-order valence-electron chi connectivity index (χ0n) is 18.3. The molecular weight excluding hydrogens is 520 g/mol. The Hall–Kier alpha value is -2.11. The number of aliphatic hydroxyl groups excluding tert-OH is 8.